The number of hydrogen-bond donors (Lipinski definition) is 0. The Hall–Kier alpha value is -2.60. The number of ketones is 1. The highest BCUT2D eigenvalue weighted by Gasteiger charge is 2.10. The number of carbonyl (C=O) groups excluding carboxylic acids is 1. The minimum Gasteiger partial charge on any atom is -0.485 e. The van der Waals surface area contributed by atoms with Crippen molar-refractivity contribution in [3.63, 3.8) is 0 Å². The van der Waals surface area contributed by atoms with Crippen molar-refractivity contribution in [3.8, 4) is 11.8 Å². The number of nitriles is 1. The van der Waals surface area contributed by atoms with Gasteiger partial charge in [0, 0.05) is 5.56 Å². The van der Waals surface area contributed by atoms with Gasteiger partial charge < -0.3 is 4.74 Å². The highest BCUT2D eigenvalue weighted by atomic mass is 16.5. The molecule has 0 spiro atoms. The summed E-state index contributed by atoms with van der Waals surface area (Å²) in [5, 5.41) is 8.61. The van der Waals surface area contributed by atoms with E-state index in [0.29, 0.717) is 17.7 Å². The first kappa shape index (κ1) is 14.8. The molecule has 3 nitrogen and oxygen atoms in total. The lowest BCUT2D eigenvalue weighted by Crippen LogP contribution is -2.13. The Labute approximate surface area is 124 Å². The molecular formula is C18H17NO2. The number of nitrogens with zero attached hydrogens (tertiary/aromatic N) is 1. The highest BCUT2D eigenvalue weighted by Crippen LogP contribution is 2.15. The molecule has 0 amide bonds. The summed E-state index contributed by atoms with van der Waals surface area (Å²) in [6.07, 6.45) is 0.377. The monoisotopic (exact) mass is 279 g/mol. The van der Waals surface area contributed by atoms with E-state index in [4.69, 9.17) is 10.00 Å². The van der Waals surface area contributed by atoms with Crippen LogP contribution < -0.4 is 4.74 Å². The first-order valence-electron chi connectivity index (χ1n) is 6.79. The first-order valence-corrected chi connectivity index (χ1v) is 6.79. The van der Waals surface area contributed by atoms with E-state index in [1.165, 1.54) is 0 Å². The predicted molar refractivity (Wildman–Crippen MR) is 81.5 cm³/mol. The number of hydrogen-bond acceptors (Lipinski definition) is 3. The van der Waals surface area contributed by atoms with E-state index in [9.17, 15) is 4.79 Å². The summed E-state index contributed by atoms with van der Waals surface area (Å²) in [7, 11) is 0. The zero-order valence-corrected chi connectivity index (χ0v) is 12.2. The Bertz CT molecular complexity index is 681. The van der Waals surface area contributed by atoms with Crippen molar-refractivity contribution >= 4 is 5.78 Å². The number of Topliss-reactive ketones (excluding diaryl/α,β-unsaturated/α-hetero) is 1. The number of carbonyl (C=O) groups is 1. The van der Waals surface area contributed by atoms with E-state index in [2.05, 4.69) is 6.07 Å². The standard InChI is InChI=1S/C18H17NO2/c1-13-3-4-14(2)17(11-13)18(20)12-21-16-7-5-15(6-8-16)9-10-19/h3-8,11H,9,12H2,1-2H3. The molecule has 0 N–H and O–H groups in total. The van der Waals surface area contributed by atoms with Crippen molar-refractivity contribution in [2.75, 3.05) is 6.61 Å². The molecule has 0 heterocycles. The van der Waals surface area contributed by atoms with Gasteiger partial charge >= 0.3 is 0 Å². The zero-order valence-electron chi connectivity index (χ0n) is 12.2. The number of rotatable bonds is 5. The lowest BCUT2D eigenvalue weighted by atomic mass is 10.0. The van der Waals surface area contributed by atoms with Crippen LogP contribution in [0.5, 0.6) is 5.75 Å². The van der Waals surface area contributed by atoms with E-state index in [1.807, 2.05) is 44.2 Å². The lowest BCUT2D eigenvalue weighted by molar-refractivity contribution is 0.0921. The van der Waals surface area contributed by atoms with Gasteiger partial charge in [-0.3, -0.25) is 4.79 Å². The first-order chi connectivity index (χ1) is 10.1. The SMILES string of the molecule is Cc1ccc(C)c(C(=O)COc2ccc(CC#N)cc2)c1. The van der Waals surface area contributed by atoms with Crippen molar-refractivity contribution in [1.82, 2.24) is 0 Å². The topological polar surface area (TPSA) is 50.1 Å². The molecule has 0 atom stereocenters. The van der Waals surface area contributed by atoms with E-state index >= 15 is 0 Å². The predicted octanol–water partition coefficient (Wildman–Crippen LogP) is 3.63. The maximum atomic E-state index is 12.2. The Morgan fingerprint density at radius 2 is 1.86 bits per heavy atom. The van der Waals surface area contributed by atoms with Crippen LogP contribution in [0, 0.1) is 25.2 Å². The molecule has 3 heteroatoms. The van der Waals surface area contributed by atoms with Crippen LogP contribution in [0.15, 0.2) is 42.5 Å². The molecule has 0 fully saturated rings. The zero-order chi connectivity index (χ0) is 15.2. The number of benzene rings is 2. The third kappa shape index (κ3) is 3.93. The fourth-order valence-corrected chi connectivity index (χ4v) is 2.06. The molecule has 0 aliphatic heterocycles. The van der Waals surface area contributed by atoms with Crippen molar-refractivity contribution in [3.05, 3.63) is 64.7 Å². The molecule has 21 heavy (non-hydrogen) atoms. The molecule has 2 aromatic carbocycles. The van der Waals surface area contributed by atoms with Gasteiger partial charge in [-0.2, -0.15) is 5.26 Å². The largest absolute Gasteiger partial charge is 0.485 e. The van der Waals surface area contributed by atoms with E-state index in [-0.39, 0.29) is 12.4 Å². The van der Waals surface area contributed by atoms with Crippen molar-refractivity contribution in [2.45, 2.75) is 20.3 Å². The smallest absolute Gasteiger partial charge is 0.200 e. The summed E-state index contributed by atoms with van der Waals surface area (Å²) >= 11 is 0. The van der Waals surface area contributed by atoms with Gasteiger partial charge in [-0.15, -0.1) is 0 Å². The van der Waals surface area contributed by atoms with Crippen LogP contribution in [0.25, 0.3) is 0 Å². The van der Waals surface area contributed by atoms with Crippen LogP contribution >= 0.6 is 0 Å². The maximum absolute atomic E-state index is 12.2. The van der Waals surface area contributed by atoms with E-state index in [1.54, 1.807) is 12.1 Å². The summed E-state index contributed by atoms with van der Waals surface area (Å²) in [5.41, 5.74) is 3.66. The Balaban J connectivity index is 2.01. The average Bonchev–Trinajstić information content (AvgIpc) is 2.49. The van der Waals surface area contributed by atoms with Crippen molar-refractivity contribution < 1.29 is 9.53 Å². The lowest BCUT2D eigenvalue weighted by Gasteiger charge is -2.08. The van der Waals surface area contributed by atoms with Crippen LogP contribution in [0.4, 0.5) is 0 Å². The molecule has 0 aromatic heterocycles. The molecule has 0 unspecified atom stereocenters. The van der Waals surface area contributed by atoms with Crippen LogP contribution in [0.1, 0.15) is 27.0 Å². The van der Waals surface area contributed by atoms with E-state index < -0.39 is 0 Å². The second kappa shape index (κ2) is 6.71. The Morgan fingerprint density at radius 3 is 2.52 bits per heavy atom. The third-order valence-electron chi connectivity index (χ3n) is 3.27. The number of aryl methyl sites for hydroxylation is 2. The normalized spacial score (nSPS) is 9.95. The fraction of sp³-hybridized carbons (Fsp3) is 0.222. The summed E-state index contributed by atoms with van der Waals surface area (Å²) in [4.78, 5) is 12.2. The van der Waals surface area contributed by atoms with Crippen molar-refractivity contribution in [2.24, 2.45) is 0 Å². The van der Waals surface area contributed by atoms with Gasteiger partial charge in [-0.25, -0.2) is 0 Å². The summed E-state index contributed by atoms with van der Waals surface area (Å²) in [6, 6.07) is 15.1. The molecule has 0 saturated carbocycles. The van der Waals surface area contributed by atoms with Crippen molar-refractivity contribution in [1.29, 1.82) is 5.26 Å². The summed E-state index contributed by atoms with van der Waals surface area (Å²) in [5.74, 6) is 0.604. The van der Waals surface area contributed by atoms with Gasteiger partial charge in [0.05, 0.1) is 12.5 Å². The van der Waals surface area contributed by atoms with Gasteiger partial charge in [-0.05, 0) is 43.2 Å². The van der Waals surface area contributed by atoms with Crippen LogP contribution in [-0.4, -0.2) is 12.4 Å². The third-order valence-corrected chi connectivity index (χ3v) is 3.27. The molecule has 0 aliphatic rings. The fourth-order valence-electron chi connectivity index (χ4n) is 2.06. The molecule has 2 aromatic rings. The summed E-state index contributed by atoms with van der Waals surface area (Å²) in [6.45, 7) is 3.90. The van der Waals surface area contributed by atoms with Gasteiger partial charge in [0.15, 0.2) is 12.4 Å². The van der Waals surface area contributed by atoms with Gasteiger partial charge in [0.2, 0.25) is 0 Å². The second-order valence-corrected chi connectivity index (χ2v) is 5.01. The Morgan fingerprint density at radius 1 is 1.14 bits per heavy atom. The number of ether oxygens (including phenoxy) is 1. The van der Waals surface area contributed by atoms with Gasteiger partial charge in [0.1, 0.15) is 5.75 Å². The van der Waals surface area contributed by atoms with Crippen LogP contribution in [0.2, 0.25) is 0 Å². The second-order valence-electron chi connectivity index (χ2n) is 5.01. The molecule has 106 valence electrons. The van der Waals surface area contributed by atoms with Crippen LogP contribution in [0.3, 0.4) is 0 Å². The maximum Gasteiger partial charge on any atom is 0.200 e. The minimum absolute atomic E-state index is 0.0158. The summed E-state index contributed by atoms with van der Waals surface area (Å²) < 4.78 is 5.52. The van der Waals surface area contributed by atoms with Crippen LogP contribution in [-0.2, 0) is 6.42 Å². The van der Waals surface area contributed by atoms with Gasteiger partial charge in [-0.1, -0.05) is 29.8 Å². The average molecular weight is 279 g/mol. The van der Waals surface area contributed by atoms with E-state index in [0.717, 1.165) is 16.7 Å². The molecule has 0 aliphatic carbocycles. The molecule has 2 rings (SSSR count). The Kier molecular flexibility index (Phi) is 4.73. The molecule has 0 saturated heterocycles. The molecular weight excluding hydrogens is 262 g/mol. The van der Waals surface area contributed by atoms with Gasteiger partial charge in [0.25, 0.3) is 0 Å². The minimum atomic E-state index is -0.0303. The highest BCUT2D eigenvalue weighted by molar-refractivity contribution is 5.98. The molecule has 0 bridgehead atoms. The molecule has 0 radical (unpaired) electrons. The quantitative estimate of drug-likeness (QED) is 0.785.